The summed E-state index contributed by atoms with van der Waals surface area (Å²) in [4.78, 5) is 26.7. The summed E-state index contributed by atoms with van der Waals surface area (Å²) in [5, 5.41) is 5.81. The summed E-state index contributed by atoms with van der Waals surface area (Å²) in [6, 6.07) is 16.7. The Hall–Kier alpha value is -3.68. The minimum atomic E-state index is 0.563. The van der Waals surface area contributed by atoms with E-state index >= 15 is 0 Å². The van der Waals surface area contributed by atoms with Gasteiger partial charge in [-0.3, -0.25) is 0 Å². The molecule has 200 valence electrons. The Kier molecular flexibility index (Phi) is 8.05. The highest BCUT2D eigenvalue weighted by atomic mass is 15.3. The van der Waals surface area contributed by atoms with Crippen molar-refractivity contribution in [3.63, 3.8) is 0 Å². The summed E-state index contributed by atoms with van der Waals surface area (Å²) >= 11 is 0. The molecular formula is C30H40N8. The highest BCUT2D eigenvalue weighted by Crippen LogP contribution is 2.30. The monoisotopic (exact) mass is 512 g/mol. The third-order valence-corrected chi connectivity index (χ3v) is 7.73. The fourth-order valence-corrected chi connectivity index (χ4v) is 5.42. The summed E-state index contributed by atoms with van der Waals surface area (Å²) in [6.07, 6.45) is 2.20. The molecule has 0 aliphatic carbocycles. The van der Waals surface area contributed by atoms with Crippen molar-refractivity contribution in [1.82, 2.24) is 19.9 Å². The first kappa shape index (κ1) is 25.9. The molecule has 1 aliphatic heterocycles. The third kappa shape index (κ3) is 5.30. The predicted molar refractivity (Wildman–Crippen MR) is 160 cm³/mol. The normalized spacial score (nSPS) is 14.3. The molecule has 5 rings (SSSR count). The lowest BCUT2D eigenvalue weighted by Gasteiger charge is -2.34. The van der Waals surface area contributed by atoms with E-state index in [0.29, 0.717) is 5.92 Å². The number of rotatable bonds is 10. The average molecular weight is 513 g/mol. The maximum atomic E-state index is 5.06. The Morgan fingerprint density at radius 2 is 1.34 bits per heavy atom. The smallest absolute Gasteiger partial charge is 0.227 e. The number of nitrogens with one attached hydrogen (secondary N) is 1. The van der Waals surface area contributed by atoms with E-state index in [4.69, 9.17) is 19.9 Å². The number of piperidine rings is 1. The maximum absolute atomic E-state index is 5.06. The highest BCUT2D eigenvalue weighted by molar-refractivity contribution is 5.91. The van der Waals surface area contributed by atoms with Crippen LogP contribution in [-0.4, -0.2) is 65.7 Å². The summed E-state index contributed by atoms with van der Waals surface area (Å²) in [5.74, 6) is 4.18. The molecular weight excluding hydrogens is 472 g/mol. The average Bonchev–Trinajstić information content (AvgIpc) is 2.97. The molecule has 2 aromatic carbocycles. The maximum Gasteiger partial charge on any atom is 0.227 e. The van der Waals surface area contributed by atoms with Crippen LogP contribution in [0.3, 0.4) is 0 Å². The first-order valence-electron chi connectivity index (χ1n) is 14.2. The van der Waals surface area contributed by atoms with Crippen molar-refractivity contribution in [1.29, 1.82) is 0 Å². The second kappa shape index (κ2) is 11.8. The third-order valence-electron chi connectivity index (χ3n) is 7.73. The van der Waals surface area contributed by atoms with Gasteiger partial charge in [0.05, 0.1) is 11.0 Å². The van der Waals surface area contributed by atoms with Gasteiger partial charge in [0.1, 0.15) is 11.6 Å². The molecule has 0 amide bonds. The zero-order valence-electron chi connectivity index (χ0n) is 23.2. The van der Waals surface area contributed by atoms with Crippen LogP contribution in [0.15, 0.2) is 48.5 Å². The number of nitrogens with zero attached hydrogens (tertiary/aromatic N) is 7. The quantitative estimate of drug-likeness (QED) is 0.295. The molecule has 0 unspecified atom stereocenters. The van der Waals surface area contributed by atoms with Gasteiger partial charge in [0.15, 0.2) is 0 Å². The molecule has 0 bridgehead atoms. The van der Waals surface area contributed by atoms with Crippen LogP contribution in [0.4, 0.5) is 23.5 Å². The van der Waals surface area contributed by atoms with Crippen molar-refractivity contribution in [2.45, 2.75) is 40.5 Å². The lowest BCUT2D eigenvalue weighted by Crippen LogP contribution is -2.37. The van der Waals surface area contributed by atoms with Crippen molar-refractivity contribution in [3.8, 4) is 0 Å². The molecule has 38 heavy (non-hydrogen) atoms. The predicted octanol–water partition coefficient (Wildman–Crippen LogP) is 5.59. The molecule has 1 aliphatic rings. The molecule has 0 atom stereocenters. The molecule has 1 N–H and O–H groups in total. The van der Waals surface area contributed by atoms with Crippen LogP contribution >= 0.6 is 0 Å². The van der Waals surface area contributed by atoms with Gasteiger partial charge >= 0.3 is 0 Å². The van der Waals surface area contributed by atoms with Crippen molar-refractivity contribution in [2.24, 2.45) is 5.92 Å². The zero-order chi connectivity index (χ0) is 26.5. The van der Waals surface area contributed by atoms with E-state index in [1.807, 2.05) is 6.07 Å². The van der Waals surface area contributed by atoms with Crippen LogP contribution in [-0.2, 0) is 0 Å². The first-order chi connectivity index (χ1) is 18.6. The van der Waals surface area contributed by atoms with Crippen molar-refractivity contribution in [2.75, 3.05) is 65.8 Å². The van der Waals surface area contributed by atoms with Gasteiger partial charge < -0.3 is 20.0 Å². The van der Waals surface area contributed by atoms with Crippen molar-refractivity contribution < 1.29 is 0 Å². The molecule has 0 saturated carbocycles. The van der Waals surface area contributed by atoms with E-state index in [1.165, 1.54) is 0 Å². The number of aromatic nitrogens is 4. The van der Waals surface area contributed by atoms with Crippen LogP contribution in [0.2, 0.25) is 0 Å². The summed E-state index contributed by atoms with van der Waals surface area (Å²) in [7, 11) is 0. The van der Waals surface area contributed by atoms with E-state index < -0.39 is 0 Å². The summed E-state index contributed by atoms with van der Waals surface area (Å²) in [5.41, 5.74) is 2.00. The minimum absolute atomic E-state index is 0.563. The van der Waals surface area contributed by atoms with Crippen LogP contribution in [0.1, 0.15) is 40.5 Å². The van der Waals surface area contributed by atoms with Gasteiger partial charge in [0.25, 0.3) is 0 Å². The van der Waals surface area contributed by atoms with Crippen LogP contribution in [0, 0.1) is 5.92 Å². The lowest BCUT2D eigenvalue weighted by molar-refractivity contribution is 0.421. The zero-order valence-corrected chi connectivity index (χ0v) is 23.2. The molecule has 8 nitrogen and oxygen atoms in total. The van der Waals surface area contributed by atoms with Gasteiger partial charge in [-0.05, 0) is 70.7 Å². The molecule has 8 heteroatoms. The van der Waals surface area contributed by atoms with E-state index in [9.17, 15) is 0 Å². The second-order valence-corrected chi connectivity index (χ2v) is 9.91. The Morgan fingerprint density at radius 3 is 2.00 bits per heavy atom. The number of fused-ring (bicyclic) bond motifs is 2. The van der Waals surface area contributed by atoms with E-state index in [0.717, 1.165) is 104 Å². The van der Waals surface area contributed by atoms with Crippen LogP contribution in [0.25, 0.3) is 21.8 Å². The second-order valence-electron chi connectivity index (χ2n) is 9.91. The van der Waals surface area contributed by atoms with Gasteiger partial charge in [0, 0.05) is 56.6 Å². The summed E-state index contributed by atoms with van der Waals surface area (Å²) in [6.45, 7) is 15.1. The molecule has 1 saturated heterocycles. The lowest BCUT2D eigenvalue weighted by atomic mass is 9.96. The highest BCUT2D eigenvalue weighted by Gasteiger charge is 2.23. The Bertz CT molecular complexity index is 1360. The fourth-order valence-electron chi connectivity index (χ4n) is 5.42. The van der Waals surface area contributed by atoms with E-state index in [1.54, 1.807) is 0 Å². The Morgan fingerprint density at radius 1 is 0.737 bits per heavy atom. The molecule has 3 heterocycles. The van der Waals surface area contributed by atoms with Crippen LogP contribution < -0.4 is 20.0 Å². The van der Waals surface area contributed by atoms with Gasteiger partial charge in [-0.1, -0.05) is 24.3 Å². The summed E-state index contributed by atoms with van der Waals surface area (Å²) < 4.78 is 0. The van der Waals surface area contributed by atoms with Crippen molar-refractivity contribution >= 4 is 45.3 Å². The largest absolute Gasteiger partial charge is 0.356 e. The fraction of sp³-hybridized carbons (Fsp3) is 0.467. The molecule has 4 aromatic rings. The SMILES string of the molecule is CCN(CC)c1nc(N2CCC(CNc3nc(N(CC)CC)c4ccccc4n3)CC2)c2ccccc2n1. The number of hydrogen-bond acceptors (Lipinski definition) is 8. The molecule has 0 radical (unpaired) electrons. The Labute approximate surface area is 226 Å². The van der Waals surface area contributed by atoms with Crippen LogP contribution in [0.5, 0.6) is 0 Å². The van der Waals surface area contributed by atoms with Gasteiger partial charge in [-0.15, -0.1) is 0 Å². The first-order valence-corrected chi connectivity index (χ1v) is 14.2. The topological polar surface area (TPSA) is 73.3 Å². The number of para-hydroxylation sites is 2. The molecule has 1 fully saturated rings. The van der Waals surface area contributed by atoms with Gasteiger partial charge in [-0.25, -0.2) is 9.97 Å². The van der Waals surface area contributed by atoms with E-state index in [2.05, 4.69) is 90.2 Å². The minimum Gasteiger partial charge on any atom is -0.356 e. The Balaban J connectivity index is 1.29. The number of hydrogen-bond donors (Lipinski definition) is 1. The van der Waals surface area contributed by atoms with Gasteiger partial charge in [0.2, 0.25) is 11.9 Å². The van der Waals surface area contributed by atoms with Gasteiger partial charge in [-0.2, -0.15) is 9.97 Å². The number of benzene rings is 2. The van der Waals surface area contributed by atoms with Crippen molar-refractivity contribution in [3.05, 3.63) is 48.5 Å². The molecule has 2 aromatic heterocycles. The number of anilines is 4. The molecule has 0 spiro atoms. The standard InChI is InChI=1S/C30H40N8/c1-5-36(6-2)27-23-13-9-11-15-25(23)32-29(34-27)31-21-22-17-19-38(20-18-22)28-24-14-10-12-16-26(24)33-30(35-28)37(7-3)8-4/h9-16,22H,5-8,17-21H2,1-4H3,(H,31,32,34). The van der Waals surface area contributed by atoms with E-state index in [-0.39, 0.29) is 0 Å².